The standard InChI is InChI=1S/C27H32F2N8O/c1-17-25(33-34-37(17)15-19-6-9-35(10-7-19)21-13-30-14-21)20-11-23-26(36(16-32-23)27(28)29)24(12-20)38-18(2)22-5-3-4-8-31-22/h3-5,8,11-12,16,18-19,21,27,30H,6-7,9-10,13-15H2,1-2H3/t18-/m1/s1. The molecule has 2 saturated heterocycles. The number of ether oxygens (including phenoxy) is 1. The molecule has 0 radical (unpaired) electrons. The van der Waals surface area contributed by atoms with Gasteiger partial charge in [-0.2, -0.15) is 8.78 Å². The summed E-state index contributed by atoms with van der Waals surface area (Å²) in [5, 5.41) is 12.3. The van der Waals surface area contributed by atoms with Crippen LogP contribution in [0.3, 0.4) is 0 Å². The molecule has 38 heavy (non-hydrogen) atoms. The Morgan fingerprint density at radius 2 is 1.95 bits per heavy atom. The Hall–Kier alpha value is -3.44. The molecule has 4 aromatic rings. The van der Waals surface area contributed by atoms with E-state index in [9.17, 15) is 8.78 Å². The second kappa shape index (κ2) is 10.4. The fraction of sp³-hybridized carbons (Fsp3) is 0.481. The zero-order valence-corrected chi connectivity index (χ0v) is 21.6. The molecule has 0 saturated carbocycles. The summed E-state index contributed by atoms with van der Waals surface area (Å²) in [6.07, 6.45) is 4.67. The van der Waals surface area contributed by atoms with Crippen molar-refractivity contribution in [3.8, 4) is 17.0 Å². The Labute approximate surface area is 219 Å². The van der Waals surface area contributed by atoms with Crippen LogP contribution in [0.25, 0.3) is 22.3 Å². The van der Waals surface area contributed by atoms with Crippen LogP contribution in [0.2, 0.25) is 0 Å². The van der Waals surface area contributed by atoms with Crippen LogP contribution in [0, 0.1) is 12.8 Å². The lowest BCUT2D eigenvalue weighted by molar-refractivity contribution is 0.0737. The molecule has 1 aromatic carbocycles. The van der Waals surface area contributed by atoms with Gasteiger partial charge < -0.3 is 10.1 Å². The highest BCUT2D eigenvalue weighted by atomic mass is 19.3. The average molecular weight is 523 g/mol. The predicted octanol–water partition coefficient (Wildman–Crippen LogP) is 4.22. The number of hydrogen-bond acceptors (Lipinski definition) is 7. The molecule has 0 bridgehead atoms. The van der Waals surface area contributed by atoms with Gasteiger partial charge in [0.15, 0.2) is 0 Å². The minimum Gasteiger partial charge on any atom is -0.482 e. The van der Waals surface area contributed by atoms with Crippen molar-refractivity contribution in [1.82, 2.24) is 39.7 Å². The van der Waals surface area contributed by atoms with Crippen molar-refractivity contribution in [2.75, 3.05) is 26.2 Å². The number of hydrogen-bond donors (Lipinski definition) is 1. The average Bonchev–Trinajstić information content (AvgIpc) is 3.48. The first-order valence-corrected chi connectivity index (χ1v) is 13.2. The lowest BCUT2D eigenvalue weighted by Crippen LogP contribution is -2.58. The first kappa shape index (κ1) is 24.9. The monoisotopic (exact) mass is 522 g/mol. The number of rotatable bonds is 8. The number of piperidine rings is 1. The number of fused-ring (bicyclic) bond motifs is 1. The van der Waals surface area contributed by atoms with E-state index < -0.39 is 12.7 Å². The van der Waals surface area contributed by atoms with E-state index in [-0.39, 0.29) is 5.52 Å². The van der Waals surface area contributed by atoms with E-state index in [1.807, 2.05) is 36.7 Å². The largest absolute Gasteiger partial charge is 0.482 e. The summed E-state index contributed by atoms with van der Waals surface area (Å²) in [6.45, 7) is 6.37. The van der Waals surface area contributed by atoms with E-state index in [2.05, 4.69) is 30.5 Å². The van der Waals surface area contributed by atoms with Gasteiger partial charge in [0.1, 0.15) is 29.4 Å². The maximum atomic E-state index is 13.8. The quantitative estimate of drug-likeness (QED) is 0.371. The zero-order chi connectivity index (χ0) is 26.2. The Morgan fingerprint density at radius 3 is 2.63 bits per heavy atom. The van der Waals surface area contributed by atoms with Gasteiger partial charge in [-0.1, -0.05) is 11.3 Å². The van der Waals surface area contributed by atoms with Gasteiger partial charge in [-0.15, -0.1) is 5.10 Å². The number of alkyl halides is 2. The van der Waals surface area contributed by atoms with Crippen molar-refractivity contribution < 1.29 is 13.5 Å². The molecule has 5 heterocycles. The first-order valence-electron chi connectivity index (χ1n) is 13.2. The smallest absolute Gasteiger partial charge is 0.320 e. The molecule has 2 aliphatic heterocycles. The SMILES string of the molecule is Cc1c(-c2cc(O[C@H](C)c3ccccn3)c3c(c2)ncn3C(F)F)nnn1CC1CCN(C2CNC2)CC1. The first-order chi connectivity index (χ1) is 18.5. The lowest BCUT2D eigenvalue weighted by atomic mass is 9.94. The molecular formula is C27H32F2N8O. The molecule has 2 aliphatic rings. The Morgan fingerprint density at radius 1 is 1.13 bits per heavy atom. The summed E-state index contributed by atoms with van der Waals surface area (Å²) in [5.74, 6) is 0.857. The molecule has 1 atom stereocenters. The highest BCUT2D eigenvalue weighted by Crippen LogP contribution is 2.36. The van der Waals surface area contributed by atoms with E-state index in [1.165, 1.54) is 0 Å². The molecule has 2 fully saturated rings. The summed E-state index contributed by atoms with van der Waals surface area (Å²) in [7, 11) is 0. The van der Waals surface area contributed by atoms with E-state index in [4.69, 9.17) is 4.74 Å². The van der Waals surface area contributed by atoms with Crippen LogP contribution < -0.4 is 10.1 Å². The van der Waals surface area contributed by atoms with Crippen LogP contribution in [0.5, 0.6) is 5.75 Å². The van der Waals surface area contributed by atoms with Crippen LogP contribution in [-0.2, 0) is 6.54 Å². The fourth-order valence-corrected chi connectivity index (χ4v) is 5.45. The van der Waals surface area contributed by atoms with Crippen molar-refractivity contribution >= 4 is 11.0 Å². The summed E-state index contributed by atoms with van der Waals surface area (Å²) < 4.78 is 36.6. The van der Waals surface area contributed by atoms with Crippen molar-refractivity contribution in [1.29, 1.82) is 0 Å². The van der Waals surface area contributed by atoms with Crippen LogP contribution in [-0.4, -0.2) is 66.6 Å². The van der Waals surface area contributed by atoms with Gasteiger partial charge in [0.25, 0.3) is 0 Å². The maximum absolute atomic E-state index is 13.8. The Bertz CT molecular complexity index is 1390. The zero-order valence-electron chi connectivity index (χ0n) is 21.6. The predicted molar refractivity (Wildman–Crippen MR) is 139 cm³/mol. The second-order valence-corrected chi connectivity index (χ2v) is 10.3. The van der Waals surface area contributed by atoms with Gasteiger partial charge >= 0.3 is 6.55 Å². The molecule has 0 amide bonds. The molecule has 0 unspecified atom stereocenters. The topological polar surface area (TPSA) is 85.9 Å². The summed E-state index contributed by atoms with van der Waals surface area (Å²) in [6, 6.07) is 9.76. The third-order valence-electron chi connectivity index (χ3n) is 7.87. The van der Waals surface area contributed by atoms with Crippen molar-refractivity contribution in [2.24, 2.45) is 5.92 Å². The third kappa shape index (κ3) is 4.76. The van der Waals surface area contributed by atoms with Crippen molar-refractivity contribution in [3.05, 3.63) is 54.2 Å². The number of halogens is 2. The number of benzene rings is 1. The Balaban J connectivity index is 1.27. The highest BCUT2D eigenvalue weighted by molar-refractivity contribution is 5.87. The van der Waals surface area contributed by atoms with E-state index in [0.29, 0.717) is 34.6 Å². The lowest BCUT2D eigenvalue weighted by Gasteiger charge is -2.42. The minimum atomic E-state index is -2.74. The van der Waals surface area contributed by atoms with Crippen molar-refractivity contribution in [3.63, 3.8) is 0 Å². The summed E-state index contributed by atoms with van der Waals surface area (Å²) >= 11 is 0. The summed E-state index contributed by atoms with van der Waals surface area (Å²) in [4.78, 5) is 11.2. The molecule has 1 N–H and O–H groups in total. The van der Waals surface area contributed by atoms with Gasteiger partial charge in [0.05, 0.1) is 16.9 Å². The van der Waals surface area contributed by atoms with Crippen LogP contribution in [0.4, 0.5) is 8.78 Å². The van der Waals surface area contributed by atoms with Crippen molar-refractivity contribution in [2.45, 2.75) is 51.9 Å². The van der Waals surface area contributed by atoms with E-state index in [0.717, 1.165) is 67.7 Å². The van der Waals surface area contributed by atoms with E-state index in [1.54, 1.807) is 18.3 Å². The normalized spacial score (nSPS) is 18.2. The van der Waals surface area contributed by atoms with Gasteiger partial charge in [0, 0.05) is 37.4 Å². The maximum Gasteiger partial charge on any atom is 0.320 e. The van der Waals surface area contributed by atoms with Gasteiger partial charge in [-0.3, -0.25) is 14.5 Å². The number of likely N-dealkylation sites (tertiary alicyclic amines) is 1. The fourth-order valence-electron chi connectivity index (χ4n) is 5.45. The van der Waals surface area contributed by atoms with Gasteiger partial charge in [0.2, 0.25) is 0 Å². The molecule has 0 spiro atoms. The molecule has 6 rings (SSSR count). The second-order valence-electron chi connectivity index (χ2n) is 10.3. The van der Waals surface area contributed by atoms with Crippen LogP contribution >= 0.6 is 0 Å². The molecule has 11 heteroatoms. The number of aromatic nitrogens is 6. The minimum absolute atomic E-state index is 0.241. The van der Waals surface area contributed by atoms with Gasteiger partial charge in [-0.05, 0) is 70.0 Å². The summed E-state index contributed by atoms with van der Waals surface area (Å²) in [5.41, 5.74) is 3.73. The third-order valence-corrected chi connectivity index (χ3v) is 7.87. The van der Waals surface area contributed by atoms with Crippen LogP contribution in [0.15, 0.2) is 42.9 Å². The van der Waals surface area contributed by atoms with E-state index >= 15 is 0 Å². The number of imidazole rings is 1. The van der Waals surface area contributed by atoms with Crippen LogP contribution in [0.1, 0.15) is 43.8 Å². The number of nitrogens with zero attached hydrogens (tertiary/aromatic N) is 7. The molecule has 0 aliphatic carbocycles. The number of nitrogens with one attached hydrogen (secondary N) is 1. The highest BCUT2D eigenvalue weighted by Gasteiger charge is 2.29. The molecule has 200 valence electrons. The Kier molecular flexibility index (Phi) is 6.79. The number of pyridine rings is 1. The van der Waals surface area contributed by atoms with Gasteiger partial charge in [-0.25, -0.2) is 9.67 Å². The molecule has 3 aromatic heterocycles. The molecular weight excluding hydrogens is 490 g/mol. The molecule has 9 nitrogen and oxygen atoms in total.